The third kappa shape index (κ3) is 2.32. The van der Waals surface area contributed by atoms with Crippen molar-refractivity contribution in [1.29, 1.82) is 0 Å². The Hall–Kier alpha value is -1.29. The van der Waals surface area contributed by atoms with Gasteiger partial charge in [0.25, 0.3) is 0 Å². The lowest BCUT2D eigenvalue weighted by molar-refractivity contribution is 0.701. The Morgan fingerprint density at radius 2 is 2.08 bits per heavy atom. The summed E-state index contributed by atoms with van der Waals surface area (Å²) >= 11 is 1.74. The van der Waals surface area contributed by atoms with Crippen LogP contribution in [0.5, 0.6) is 0 Å². The molecule has 1 aromatic carbocycles. The van der Waals surface area contributed by atoms with Crippen molar-refractivity contribution >= 4 is 11.8 Å². The van der Waals surface area contributed by atoms with Gasteiger partial charge in [0.05, 0.1) is 12.1 Å². The molecule has 0 N–H and O–H groups in total. The molecule has 13 heavy (non-hydrogen) atoms. The third-order valence-corrected chi connectivity index (χ3v) is 2.58. The predicted molar refractivity (Wildman–Crippen MR) is 52.3 cm³/mol. The van der Waals surface area contributed by atoms with Crippen molar-refractivity contribution in [2.45, 2.75) is 10.8 Å². The molecule has 0 aliphatic carbocycles. The zero-order valence-corrected chi connectivity index (χ0v) is 7.81. The summed E-state index contributed by atoms with van der Waals surface area (Å²) in [6.07, 6.45) is 3.54. The summed E-state index contributed by atoms with van der Waals surface area (Å²) in [4.78, 5) is 1.25. The van der Waals surface area contributed by atoms with Gasteiger partial charge in [0.1, 0.15) is 0 Å². The molecule has 0 saturated carbocycles. The largest absolute Gasteiger partial charge is 0.242 e. The second-order valence-corrected chi connectivity index (χ2v) is 3.55. The molecule has 0 atom stereocenters. The van der Waals surface area contributed by atoms with Crippen LogP contribution < -0.4 is 0 Å². The van der Waals surface area contributed by atoms with E-state index in [-0.39, 0.29) is 0 Å². The zero-order chi connectivity index (χ0) is 8.93. The standard InChI is InChI=1S/C9H9N3S/c1-2-4-9(5-3-1)13-8-12-7-6-10-11-12/h1-7H,8H2. The van der Waals surface area contributed by atoms with Crippen molar-refractivity contribution in [2.75, 3.05) is 0 Å². The van der Waals surface area contributed by atoms with Crippen LogP contribution in [0.25, 0.3) is 0 Å². The highest BCUT2D eigenvalue weighted by atomic mass is 32.2. The molecule has 0 spiro atoms. The van der Waals surface area contributed by atoms with Gasteiger partial charge in [-0.3, -0.25) is 0 Å². The normalized spacial score (nSPS) is 10.2. The Kier molecular flexibility index (Phi) is 2.62. The maximum atomic E-state index is 3.88. The van der Waals surface area contributed by atoms with E-state index < -0.39 is 0 Å². The van der Waals surface area contributed by atoms with E-state index >= 15 is 0 Å². The van der Waals surface area contributed by atoms with Crippen LogP contribution in [0.15, 0.2) is 47.6 Å². The second kappa shape index (κ2) is 4.09. The van der Waals surface area contributed by atoms with Crippen LogP contribution in [0.1, 0.15) is 0 Å². The summed E-state index contributed by atoms with van der Waals surface area (Å²) in [6, 6.07) is 10.2. The second-order valence-electron chi connectivity index (χ2n) is 2.53. The number of nitrogens with zero attached hydrogens (tertiary/aromatic N) is 3. The smallest absolute Gasteiger partial charge is 0.0927 e. The van der Waals surface area contributed by atoms with Crippen molar-refractivity contribution in [2.24, 2.45) is 0 Å². The van der Waals surface area contributed by atoms with E-state index in [1.165, 1.54) is 4.90 Å². The van der Waals surface area contributed by atoms with E-state index in [4.69, 9.17) is 0 Å². The van der Waals surface area contributed by atoms with E-state index in [0.29, 0.717) is 0 Å². The molecule has 0 saturated heterocycles. The van der Waals surface area contributed by atoms with Crippen LogP contribution in [0.2, 0.25) is 0 Å². The third-order valence-electron chi connectivity index (χ3n) is 1.58. The van der Waals surface area contributed by atoms with Gasteiger partial charge in [0.15, 0.2) is 0 Å². The maximum Gasteiger partial charge on any atom is 0.0927 e. The van der Waals surface area contributed by atoms with Gasteiger partial charge in [0, 0.05) is 11.1 Å². The van der Waals surface area contributed by atoms with Gasteiger partial charge >= 0.3 is 0 Å². The minimum atomic E-state index is 0.810. The average molecular weight is 191 g/mol. The summed E-state index contributed by atoms with van der Waals surface area (Å²) in [5, 5.41) is 7.61. The van der Waals surface area contributed by atoms with Gasteiger partial charge < -0.3 is 0 Å². The fraction of sp³-hybridized carbons (Fsp3) is 0.111. The van der Waals surface area contributed by atoms with Gasteiger partial charge in [-0.2, -0.15) is 0 Å². The van der Waals surface area contributed by atoms with Gasteiger partial charge in [-0.25, -0.2) is 4.68 Å². The summed E-state index contributed by atoms with van der Waals surface area (Å²) < 4.78 is 1.80. The number of thioether (sulfide) groups is 1. The molecule has 0 bridgehead atoms. The zero-order valence-electron chi connectivity index (χ0n) is 7.00. The Morgan fingerprint density at radius 1 is 1.23 bits per heavy atom. The Morgan fingerprint density at radius 3 is 2.77 bits per heavy atom. The first-order valence-electron chi connectivity index (χ1n) is 3.97. The van der Waals surface area contributed by atoms with E-state index in [1.54, 1.807) is 22.6 Å². The highest BCUT2D eigenvalue weighted by molar-refractivity contribution is 7.98. The molecule has 0 radical (unpaired) electrons. The van der Waals surface area contributed by atoms with Crippen molar-refractivity contribution in [1.82, 2.24) is 15.0 Å². The quantitative estimate of drug-likeness (QED) is 0.695. The maximum absolute atomic E-state index is 3.88. The fourth-order valence-electron chi connectivity index (χ4n) is 0.959. The lowest BCUT2D eigenvalue weighted by Crippen LogP contribution is -1.94. The SMILES string of the molecule is c1ccc(SCn2ccnn2)cc1. The molecule has 1 heterocycles. The van der Waals surface area contributed by atoms with Crippen LogP contribution in [-0.2, 0) is 5.88 Å². The molecule has 1 aromatic heterocycles. The van der Waals surface area contributed by atoms with E-state index in [9.17, 15) is 0 Å². The Balaban J connectivity index is 1.94. The summed E-state index contributed by atoms with van der Waals surface area (Å²) in [7, 11) is 0. The van der Waals surface area contributed by atoms with Gasteiger partial charge in [0.2, 0.25) is 0 Å². The Bertz CT molecular complexity index is 344. The molecule has 66 valence electrons. The molecular weight excluding hydrogens is 182 g/mol. The molecule has 4 heteroatoms. The fourth-order valence-corrected chi connectivity index (χ4v) is 1.73. The van der Waals surface area contributed by atoms with E-state index in [2.05, 4.69) is 22.4 Å². The Labute approximate surface area is 80.8 Å². The topological polar surface area (TPSA) is 30.7 Å². The molecular formula is C9H9N3S. The predicted octanol–water partition coefficient (Wildman–Crippen LogP) is 2.03. The summed E-state index contributed by atoms with van der Waals surface area (Å²) in [5.74, 6) is 0.810. The highest BCUT2D eigenvalue weighted by Gasteiger charge is 1.93. The van der Waals surface area contributed by atoms with Crippen molar-refractivity contribution in [3.05, 3.63) is 42.7 Å². The number of aromatic nitrogens is 3. The minimum Gasteiger partial charge on any atom is -0.242 e. The molecule has 0 aliphatic rings. The van der Waals surface area contributed by atoms with Crippen LogP contribution in [-0.4, -0.2) is 15.0 Å². The molecule has 2 aromatic rings. The molecule has 0 fully saturated rings. The van der Waals surface area contributed by atoms with Gasteiger partial charge in [-0.05, 0) is 12.1 Å². The van der Waals surface area contributed by atoms with Crippen molar-refractivity contribution in [3.8, 4) is 0 Å². The van der Waals surface area contributed by atoms with Crippen molar-refractivity contribution in [3.63, 3.8) is 0 Å². The van der Waals surface area contributed by atoms with E-state index in [1.807, 2.05) is 24.4 Å². The van der Waals surface area contributed by atoms with Crippen LogP contribution in [0.3, 0.4) is 0 Å². The van der Waals surface area contributed by atoms with Gasteiger partial charge in [-0.15, -0.1) is 16.9 Å². The molecule has 0 unspecified atom stereocenters. The first kappa shape index (κ1) is 8.31. The first-order chi connectivity index (χ1) is 6.45. The van der Waals surface area contributed by atoms with Crippen LogP contribution in [0.4, 0.5) is 0 Å². The van der Waals surface area contributed by atoms with Crippen LogP contribution >= 0.6 is 11.8 Å². The number of hydrogen-bond donors (Lipinski definition) is 0. The lowest BCUT2D eigenvalue weighted by Gasteiger charge is -1.99. The number of benzene rings is 1. The van der Waals surface area contributed by atoms with Gasteiger partial charge in [-0.1, -0.05) is 23.4 Å². The highest BCUT2D eigenvalue weighted by Crippen LogP contribution is 2.17. The van der Waals surface area contributed by atoms with Crippen molar-refractivity contribution < 1.29 is 0 Å². The van der Waals surface area contributed by atoms with E-state index in [0.717, 1.165) is 5.88 Å². The van der Waals surface area contributed by atoms with Crippen LogP contribution in [0, 0.1) is 0 Å². The molecule has 0 aliphatic heterocycles. The lowest BCUT2D eigenvalue weighted by atomic mass is 10.4. The summed E-state index contributed by atoms with van der Waals surface area (Å²) in [5.41, 5.74) is 0. The summed E-state index contributed by atoms with van der Waals surface area (Å²) in [6.45, 7) is 0. The molecule has 3 nitrogen and oxygen atoms in total. The monoisotopic (exact) mass is 191 g/mol. The first-order valence-corrected chi connectivity index (χ1v) is 4.96. The minimum absolute atomic E-state index is 0.810. The average Bonchev–Trinajstić information content (AvgIpc) is 2.69. The number of hydrogen-bond acceptors (Lipinski definition) is 3. The molecule has 0 amide bonds. The molecule has 2 rings (SSSR count). The number of rotatable bonds is 3.